The van der Waals surface area contributed by atoms with Crippen LogP contribution in [0.25, 0.3) is 11.1 Å². The zero-order chi connectivity index (χ0) is 25.4. The van der Waals surface area contributed by atoms with E-state index in [0.717, 1.165) is 27.9 Å². The molecule has 2 unspecified atom stereocenters. The quantitative estimate of drug-likeness (QED) is 0.198. The van der Waals surface area contributed by atoms with Crippen LogP contribution < -0.4 is 11.1 Å². The summed E-state index contributed by atoms with van der Waals surface area (Å²) < 4.78 is 13.8. The number of anilines is 1. The molecule has 6 heteroatoms. The van der Waals surface area contributed by atoms with Crippen LogP contribution in [0.3, 0.4) is 0 Å². The molecule has 0 aliphatic carbocycles. The van der Waals surface area contributed by atoms with Crippen LogP contribution in [-0.2, 0) is 5.41 Å². The van der Waals surface area contributed by atoms with Crippen LogP contribution in [0.2, 0.25) is 0 Å². The van der Waals surface area contributed by atoms with Crippen molar-refractivity contribution in [3.63, 3.8) is 0 Å². The molecule has 2 atom stereocenters. The van der Waals surface area contributed by atoms with E-state index in [4.69, 9.17) is 11.1 Å². The molecule has 0 radical (unpaired) electrons. The number of nitrogen functional groups attached to an aromatic ring is 1. The minimum Gasteiger partial charge on any atom is -0.478 e. The molecular formula is C30H26FN3O2. The molecular weight excluding hydrogens is 453 g/mol. The first-order valence-electron chi connectivity index (χ1n) is 11.7. The first-order chi connectivity index (χ1) is 17.3. The number of carboxylic acids is 1. The Kier molecular flexibility index (Phi) is 5.80. The van der Waals surface area contributed by atoms with Crippen LogP contribution in [0.4, 0.5) is 10.1 Å². The zero-order valence-corrected chi connectivity index (χ0v) is 19.8. The molecule has 180 valence electrons. The van der Waals surface area contributed by atoms with Crippen LogP contribution in [0.5, 0.6) is 0 Å². The summed E-state index contributed by atoms with van der Waals surface area (Å²) in [6.07, 6.45) is 0.664. The molecule has 0 spiro atoms. The van der Waals surface area contributed by atoms with Gasteiger partial charge in [-0.05, 0) is 76.7 Å². The lowest BCUT2D eigenvalue weighted by Crippen LogP contribution is -2.35. The van der Waals surface area contributed by atoms with Gasteiger partial charge in [-0.1, -0.05) is 55.5 Å². The van der Waals surface area contributed by atoms with Gasteiger partial charge in [0, 0.05) is 16.7 Å². The Balaban J connectivity index is 1.61. The highest BCUT2D eigenvalue weighted by Gasteiger charge is 2.39. The highest BCUT2D eigenvalue weighted by Crippen LogP contribution is 2.48. The van der Waals surface area contributed by atoms with E-state index in [9.17, 15) is 14.3 Å². The topological polar surface area (TPSA) is 99.2 Å². The van der Waals surface area contributed by atoms with Gasteiger partial charge in [0.15, 0.2) is 0 Å². The maximum Gasteiger partial charge on any atom is 0.336 e. The Bertz CT molecular complexity index is 1480. The van der Waals surface area contributed by atoms with E-state index in [2.05, 4.69) is 12.2 Å². The van der Waals surface area contributed by atoms with Crippen molar-refractivity contribution in [2.24, 2.45) is 5.73 Å². The highest BCUT2D eigenvalue weighted by atomic mass is 19.1. The zero-order valence-electron chi connectivity index (χ0n) is 19.8. The summed E-state index contributed by atoms with van der Waals surface area (Å²) >= 11 is 0. The number of benzene rings is 4. The molecule has 1 heterocycles. The van der Waals surface area contributed by atoms with Crippen molar-refractivity contribution in [2.45, 2.75) is 24.8 Å². The van der Waals surface area contributed by atoms with Crippen molar-refractivity contribution in [2.75, 3.05) is 5.32 Å². The molecule has 1 aliphatic rings. The summed E-state index contributed by atoms with van der Waals surface area (Å²) in [6.45, 7) is 2.13. The fourth-order valence-corrected chi connectivity index (χ4v) is 5.19. The van der Waals surface area contributed by atoms with Crippen LogP contribution in [0.1, 0.15) is 52.0 Å². The van der Waals surface area contributed by atoms with E-state index in [1.165, 1.54) is 12.1 Å². The first-order valence-corrected chi connectivity index (χ1v) is 11.7. The van der Waals surface area contributed by atoms with Crippen molar-refractivity contribution in [3.05, 3.63) is 125 Å². The van der Waals surface area contributed by atoms with Gasteiger partial charge in [-0.15, -0.1) is 0 Å². The number of carbonyl (C=O) groups is 1. The molecule has 0 saturated heterocycles. The average Bonchev–Trinajstić information content (AvgIpc) is 2.88. The summed E-state index contributed by atoms with van der Waals surface area (Å²) in [6, 6.07) is 27.0. The number of hydrogen-bond donors (Lipinski definition) is 4. The second-order valence-corrected chi connectivity index (χ2v) is 9.39. The van der Waals surface area contributed by atoms with E-state index >= 15 is 0 Å². The Hall–Kier alpha value is -4.45. The molecule has 36 heavy (non-hydrogen) atoms. The van der Waals surface area contributed by atoms with Gasteiger partial charge in [0.05, 0.1) is 11.6 Å². The van der Waals surface area contributed by atoms with Gasteiger partial charge < -0.3 is 16.2 Å². The van der Waals surface area contributed by atoms with Gasteiger partial charge in [0.1, 0.15) is 11.7 Å². The van der Waals surface area contributed by atoms with Crippen molar-refractivity contribution in [1.82, 2.24) is 0 Å². The maximum absolute atomic E-state index is 13.8. The van der Waals surface area contributed by atoms with Gasteiger partial charge in [-0.2, -0.15) is 0 Å². The third-order valence-electron chi connectivity index (χ3n) is 7.11. The SMILES string of the molecule is CC1(c2ccc(F)cc2)CC(c2cccc(-c3ccccc3C(=O)O)c2)Nc2ccc(C(=N)N)cc21. The van der Waals surface area contributed by atoms with Crippen LogP contribution in [0, 0.1) is 11.2 Å². The highest BCUT2D eigenvalue weighted by molar-refractivity contribution is 5.96. The number of amidine groups is 1. The average molecular weight is 480 g/mol. The lowest BCUT2D eigenvalue weighted by molar-refractivity contribution is 0.0697. The summed E-state index contributed by atoms with van der Waals surface area (Å²) in [5.74, 6) is -1.27. The first kappa shape index (κ1) is 23.3. The number of nitrogens with one attached hydrogen (secondary N) is 2. The second-order valence-electron chi connectivity index (χ2n) is 9.39. The summed E-state index contributed by atoms with van der Waals surface area (Å²) in [5.41, 5.74) is 11.6. The molecule has 4 aromatic carbocycles. The summed E-state index contributed by atoms with van der Waals surface area (Å²) in [4.78, 5) is 11.8. The van der Waals surface area contributed by atoms with Gasteiger partial charge >= 0.3 is 5.97 Å². The number of hydrogen-bond acceptors (Lipinski definition) is 3. The number of carboxylic acid groups (broad SMARTS) is 1. The molecule has 4 aromatic rings. The number of aromatic carboxylic acids is 1. The smallest absolute Gasteiger partial charge is 0.336 e. The largest absolute Gasteiger partial charge is 0.478 e. The number of fused-ring (bicyclic) bond motifs is 1. The van der Waals surface area contributed by atoms with Crippen LogP contribution in [0.15, 0.2) is 91.0 Å². The molecule has 0 amide bonds. The number of rotatable bonds is 5. The molecule has 0 fully saturated rings. The van der Waals surface area contributed by atoms with Crippen LogP contribution in [-0.4, -0.2) is 16.9 Å². The maximum atomic E-state index is 13.8. The predicted molar refractivity (Wildman–Crippen MR) is 140 cm³/mol. The van der Waals surface area contributed by atoms with Crippen LogP contribution >= 0.6 is 0 Å². The Morgan fingerprint density at radius 2 is 1.78 bits per heavy atom. The Morgan fingerprint density at radius 3 is 2.50 bits per heavy atom. The lowest BCUT2D eigenvalue weighted by Gasteiger charge is -2.42. The molecule has 1 aliphatic heterocycles. The van der Waals surface area contributed by atoms with Crippen molar-refractivity contribution in [3.8, 4) is 11.1 Å². The molecule has 0 bridgehead atoms. The minimum atomic E-state index is -0.967. The number of halogens is 1. The predicted octanol–water partition coefficient (Wildman–Crippen LogP) is 6.34. The van der Waals surface area contributed by atoms with Gasteiger partial charge in [-0.3, -0.25) is 5.41 Å². The third kappa shape index (κ3) is 4.11. The summed E-state index contributed by atoms with van der Waals surface area (Å²) in [7, 11) is 0. The fourth-order valence-electron chi connectivity index (χ4n) is 5.19. The van der Waals surface area contributed by atoms with E-state index in [1.54, 1.807) is 12.1 Å². The van der Waals surface area contributed by atoms with Gasteiger partial charge in [-0.25, -0.2) is 9.18 Å². The van der Waals surface area contributed by atoms with Crippen molar-refractivity contribution < 1.29 is 14.3 Å². The normalized spacial score (nSPS) is 18.7. The molecule has 5 N–H and O–H groups in total. The third-order valence-corrected chi connectivity index (χ3v) is 7.11. The van der Waals surface area contributed by atoms with Gasteiger partial charge in [0.2, 0.25) is 0 Å². The van der Waals surface area contributed by atoms with E-state index in [-0.39, 0.29) is 23.3 Å². The minimum absolute atomic E-state index is 0.00817. The Morgan fingerprint density at radius 1 is 1.03 bits per heavy atom. The molecule has 0 saturated carbocycles. The molecule has 5 rings (SSSR count). The monoisotopic (exact) mass is 479 g/mol. The van der Waals surface area contributed by atoms with Gasteiger partial charge in [0.25, 0.3) is 0 Å². The molecule has 0 aromatic heterocycles. The molecule has 5 nitrogen and oxygen atoms in total. The number of nitrogens with two attached hydrogens (primary N) is 1. The second kappa shape index (κ2) is 8.96. The van der Waals surface area contributed by atoms with E-state index < -0.39 is 11.4 Å². The lowest BCUT2D eigenvalue weighted by atomic mass is 9.68. The van der Waals surface area contributed by atoms with E-state index in [0.29, 0.717) is 17.5 Å². The van der Waals surface area contributed by atoms with E-state index in [1.807, 2.05) is 66.7 Å². The fraction of sp³-hybridized carbons (Fsp3) is 0.133. The summed E-state index contributed by atoms with van der Waals surface area (Å²) in [5, 5.41) is 21.2. The standard InChI is InChI=1S/C30H26FN3O2/c1-30(21-10-12-22(31)13-11-21)17-27(34-26-14-9-20(28(32)33)16-25(26)30)19-6-4-5-18(15-19)23-7-2-3-8-24(23)29(35)36/h2-16,27,34H,17H2,1H3,(H3,32,33)(H,35,36). The van der Waals surface area contributed by atoms with Crippen molar-refractivity contribution in [1.29, 1.82) is 5.41 Å². The Labute approximate surface area is 208 Å². The van der Waals surface area contributed by atoms with Crippen molar-refractivity contribution >= 4 is 17.5 Å².